The number of anilines is 1. The number of amides is 2. The molecule has 10 heteroatoms. The summed E-state index contributed by atoms with van der Waals surface area (Å²) in [5.41, 5.74) is 1.23. The molecule has 1 aromatic carbocycles. The highest BCUT2D eigenvalue weighted by molar-refractivity contribution is 5.93. The topological polar surface area (TPSA) is 92.1 Å². The van der Waals surface area contributed by atoms with Crippen LogP contribution in [0.4, 0.5) is 15.0 Å². The van der Waals surface area contributed by atoms with E-state index < -0.39 is 5.60 Å². The minimum atomic E-state index is -0.568. The molecule has 2 aliphatic heterocycles. The van der Waals surface area contributed by atoms with Crippen molar-refractivity contribution in [3.63, 3.8) is 0 Å². The number of nitrogens with one attached hydrogen (secondary N) is 1. The molecule has 9 nitrogen and oxygen atoms in total. The van der Waals surface area contributed by atoms with Crippen LogP contribution in [-0.2, 0) is 4.74 Å². The molecule has 1 N–H and O–H groups in total. The Morgan fingerprint density at radius 2 is 1.97 bits per heavy atom. The van der Waals surface area contributed by atoms with Gasteiger partial charge in [-0.3, -0.25) is 4.79 Å². The van der Waals surface area contributed by atoms with Crippen molar-refractivity contribution in [2.24, 2.45) is 0 Å². The fourth-order valence-electron chi connectivity index (χ4n) is 4.90. The second-order valence-corrected chi connectivity index (χ2v) is 10.4. The zero-order valence-corrected chi connectivity index (χ0v) is 20.8. The second kappa shape index (κ2) is 9.40. The molecule has 0 saturated carbocycles. The van der Waals surface area contributed by atoms with Crippen molar-refractivity contribution in [3.8, 4) is 0 Å². The van der Waals surface area contributed by atoms with Crippen LogP contribution in [0, 0.1) is 5.82 Å². The van der Waals surface area contributed by atoms with Gasteiger partial charge in [0, 0.05) is 25.7 Å². The molecule has 2 saturated heterocycles. The van der Waals surface area contributed by atoms with Gasteiger partial charge in [-0.1, -0.05) is 12.1 Å². The Bertz CT molecular complexity index is 1290. The fraction of sp³-hybridized carbons (Fsp3) is 0.462. The lowest BCUT2D eigenvalue weighted by Gasteiger charge is -2.26. The van der Waals surface area contributed by atoms with Crippen molar-refractivity contribution in [3.05, 3.63) is 59.7 Å². The summed E-state index contributed by atoms with van der Waals surface area (Å²) in [5.74, 6) is 0.151. The van der Waals surface area contributed by atoms with Gasteiger partial charge in [0.1, 0.15) is 17.2 Å². The summed E-state index contributed by atoms with van der Waals surface area (Å²) >= 11 is 0. The summed E-state index contributed by atoms with van der Waals surface area (Å²) < 4.78 is 20.8. The van der Waals surface area contributed by atoms with Gasteiger partial charge in [-0.05, 0) is 69.9 Å². The van der Waals surface area contributed by atoms with E-state index in [2.05, 4.69) is 15.2 Å². The SMILES string of the molecule is CC(C)(C)OC(=O)N1CC[C@@H](NC(=O)c2cnc3ccc(N4CCC[C@@H]4c4cccc(F)c4)nn23)C1. The summed E-state index contributed by atoms with van der Waals surface area (Å²) in [6.07, 6.45) is 3.64. The molecule has 190 valence electrons. The summed E-state index contributed by atoms with van der Waals surface area (Å²) in [7, 11) is 0. The van der Waals surface area contributed by atoms with Crippen molar-refractivity contribution in [1.29, 1.82) is 0 Å². The number of carbonyl (C=O) groups is 2. The molecule has 5 rings (SSSR count). The predicted molar refractivity (Wildman–Crippen MR) is 132 cm³/mol. The van der Waals surface area contributed by atoms with Crippen LogP contribution in [0.15, 0.2) is 42.6 Å². The molecule has 2 aromatic heterocycles. The average molecular weight is 495 g/mol. The van der Waals surface area contributed by atoms with E-state index in [-0.39, 0.29) is 29.9 Å². The summed E-state index contributed by atoms with van der Waals surface area (Å²) in [4.78, 5) is 33.6. The summed E-state index contributed by atoms with van der Waals surface area (Å²) in [6, 6.07) is 10.2. The molecule has 2 amide bonds. The molecule has 0 bridgehead atoms. The third-order valence-electron chi connectivity index (χ3n) is 6.54. The predicted octanol–water partition coefficient (Wildman–Crippen LogP) is 3.95. The number of imidazole rings is 1. The van der Waals surface area contributed by atoms with Crippen molar-refractivity contribution < 1.29 is 18.7 Å². The number of nitrogens with zero attached hydrogens (tertiary/aromatic N) is 5. The van der Waals surface area contributed by atoms with E-state index in [0.29, 0.717) is 36.7 Å². The minimum Gasteiger partial charge on any atom is -0.444 e. The molecule has 3 aromatic rings. The normalized spacial score (nSPS) is 20.2. The molecule has 0 radical (unpaired) electrons. The molecular formula is C26H31FN6O3. The fourth-order valence-corrected chi connectivity index (χ4v) is 4.90. The minimum absolute atomic E-state index is 0.0174. The molecule has 2 aliphatic rings. The van der Waals surface area contributed by atoms with Crippen molar-refractivity contribution in [2.45, 2.75) is 57.7 Å². The number of halogens is 1. The Labute approximate surface area is 209 Å². The van der Waals surface area contributed by atoms with Crippen LogP contribution in [0.5, 0.6) is 0 Å². The quantitative estimate of drug-likeness (QED) is 0.591. The largest absolute Gasteiger partial charge is 0.444 e. The van der Waals surface area contributed by atoms with E-state index in [1.807, 2.05) is 39.0 Å². The first kappa shape index (κ1) is 24.0. The van der Waals surface area contributed by atoms with Gasteiger partial charge in [0.15, 0.2) is 11.3 Å². The van der Waals surface area contributed by atoms with E-state index in [1.54, 1.807) is 21.5 Å². The van der Waals surface area contributed by atoms with Crippen LogP contribution in [0.1, 0.15) is 62.1 Å². The number of fused-ring (bicyclic) bond motifs is 1. The highest BCUT2D eigenvalue weighted by atomic mass is 19.1. The number of likely N-dealkylation sites (tertiary alicyclic amines) is 1. The number of hydrogen-bond acceptors (Lipinski definition) is 6. The third-order valence-corrected chi connectivity index (χ3v) is 6.54. The summed E-state index contributed by atoms with van der Waals surface area (Å²) in [6.45, 7) is 7.18. The van der Waals surface area contributed by atoms with E-state index in [1.165, 1.54) is 12.3 Å². The molecule has 4 heterocycles. The van der Waals surface area contributed by atoms with Gasteiger partial charge in [-0.25, -0.2) is 18.7 Å². The van der Waals surface area contributed by atoms with Gasteiger partial charge in [-0.15, -0.1) is 5.10 Å². The van der Waals surface area contributed by atoms with Gasteiger partial charge >= 0.3 is 6.09 Å². The average Bonchev–Trinajstić information content (AvgIpc) is 3.56. The molecule has 2 fully saturated rings. The molecule has 0 unspecified atom stereocenters. The first-order valence-corrected chi connectivity index (χ1v) is 12.3. The monoisotopic (exact) mass is 494 g/mol. The number of rotatable bonds is 4. The van der Waals surface area contributed by atoms with Crippen molar-refractivity contribution in [2.75, 3.05) is 24.5 Å². The van der Waals surface area contributed by atoms with Gasteiger partial charge in [-0.2, -0.15) is 0 Å². The maximum Gasteiger partial charge on any atom is 0.410 e. The molecule has 2 atom stereocenters. The van der Waals surface area contributed by atoms with E-state index in [0.717, 1.165) is 24.9 Å². The maximum absolute atomic E-state index is 13.8. The Kier molecular flexibility index (Phi) is 6.27. The number of hydrogen-bond donors (Lipinski definition) is 1. The number of aromatic nitrogens is 3. The van der Waals surface area contributed by atoms with E-state index in [9.17, 15) is 14.0 Å². The molecule has 0 aliphatic carbocycles. The van der Waals surface area contributed by atoms with Crippen LogP contribution in [-0.4, -0.2) is 62.8 Å². The lowest BCUT2D eigenvalue weighted by Crippen LogP contribution is -2.40. The van der Waals surface area contributed by atoms with Crippen LogP contribution >= 0.6 is 0 Å². The number of ether oxygens (including phenoxy) is 1. The number of benzene rings is 1. The Morgan fingerprint density at radius 1 is 1.14 bits per heavy atom. The van der Waals surface area contributed by atoms with E-state index in [4.69, 9.17) is 9.84 Å². The Morgan fingerprint density at radius 3 is 2.75 bits per heavy atom. The second-order valence-electron chi connectivity index (χ2n) is 10.4. The maximum atomic E-state index is 13.8. The van der Waals surface area contributed by atoms with E-state index >= 15 is 0 Å². The number of carbonyl (C=O) groups excluding carboxylic acids is 2. The van der Waals surface area contributed by atoms with Crippen LogP contribution in [0.25, 0.3) is 5.65 Å². The molecule has 0 spiro atoms. The molecule has 36 heavy (non-hydrogen) atoms. The lowest BCUT2D eigenvalue weighted by atomic mass is 10.0. The smallest absolute Gasteiger partial charge is 0.410 e. The zero-order valence-electron chi connectivity index (χ0n) is 20.8. The highest BCUT2D eigenvalue weighted by Gasteiger charge is 2.32. The first-order valence-electron chi connectivity index (χ1n) is 12.3. The lowest BCUT2D eigenvalue weighted by molar-refractivity contribution is 0.0290. The van der Waals surface area contributed by atoms with Crippen LogP contribution < -0.4 is 10.2 Å². The Balaban J connectivity index is 1.31. The zero-order chi connectivity index (χ0) is 25.4. The molecular weight excluding hydrogens is 463 g/mol. The summed E-state index contributed by atoms with van der Waals surface area (Å²) in [5, 5.41) is 7.74. The van der Waals surface area contributed by atoms with Crippen molar-refractivity contribution >= 4 is 23.5 Å². The highest BCUT2D eigenvalue weighted by Crippen LogP contribution is 2.35. The van der Waals surface area contributed by atoms with Crippen molar-refractivity contribution in [1.82, 2.24) is 24.8 Å². The Hall–Kier alpha value is -3.69. The van der Waals surface area contributed by atoms with Gasteiger partial charge < -0.3 is 19.9 Å². The van der Waals surface area contributed by atoms with Crippen LogP contribution in [0.2, 0.25) is 0 Å². The third kappa shape index (κ3) is 4.98. The van der Waals surface area contributed by atoms with Gasteiger partial charge in [0.25, 0.3) is 5.91 Å². The first-order chi connectivity index (χ1) is 17.2. The van der Waals surface area contributed by atoms with Gasteiger partial charge in [0.05, 0.1) is 12.2 Å². The van der Waals surface area contributed by atoms with Gasteiger partial charge in [0.2, 0.25) is 0 Å². The van der Waals surface area contributed by atoms with Crippen LogP contribution in [0.3, 0.4) is 0 Å². The standard InChI is InChI=1S/C26H31FN6O3/c1-26(2,3)36-25(35)31-13-11-19(16-31)29-24(34)21-15-28-22-9-10-23(30-33(21)22)32-12-5-8-20(32)17-6-4-7-18(27)14-17/h4,6-7,9-10,14-15,19-20H,5,8,11-13,16H2,1-3H3,(H,29,34)/t19-,20-/m1/s1.